The van der Waals surface area contributed by atoms with Crippen LogP contribution in [-0.2, 0) is 23.9 Å². The Morgan fingerprint density at radius 3 is 1.18 bits per heavy atom. The smallest absolute Gasteiger partial charge is 0.328 e. The van der Waals surface area contributed by atoms with Crippen molar-refractivity contribution in [1.82, 2.24) is 10.2 Å². The van der Waals surface area contributed by atoms with E-state index in [1.807, 2.05) is 14.1 Å². The summed E-state index contributed by atoms with van der Waals surface area (Å²) < 4.78 is 12.5. The Labute approximate surface area is 411 Å². The number of esters is 2. The maximum Gasteiger partial charge on any atom is 0.328 e. The molecule has 0 saturated carbocycles. The predicted molar refractivity (Wildman–Crippen MR) is 285 cm³/mol. The number of nitrogens with one attached hydrogen (secondary N) is 1. The zero-order valence-electron chi connectivity index (χ0n) is 44.9. The minimum atomic E-state index is -0.876. The number of nitrogens with zero attached hydrogens (tertiary/aromatic N) is 1. The van der Waals surface area contributed by atoms with E-state index in [0.717, 1.165) is 77.2 Å². The Balaban J connectivity index is 5.51. The Bertz CT molecular complexity index is 1120. The van der Waals surface area contributed by atoms with Crippen LogP contribution in [0.4, 0.5) is 0 Å². The molecule has 0 radical (unpaired) electrons. The fourth-order valence-electron chi connectivity index (χ4n) is 8.84. The van der Waals surface area contributed by atoms with Crippen LogP contribution >= 0.6 is 0 Å². The Kier molecular flexibility index (Phi) is 49.1. The van der Waals surface area contributed by atoms with Gasteiger partial charge in [-0.25, -0.2) is 4.79 Å². The second-order valence-electron chi connectivity index (χ2n) is 20.2. The van der Waals surface area contributed by atoms with E-state index in [1.54, 1.807) is 0 Å². The van der Waals surface area contributed by atoms with Crippen molar-refractivity contribution in [1.29, 1.82) is 0 Å². The highest BCUT2D eigenvalue weighted by atomic mass is 16.5. The van der Waals surface area contributed by atoms with Gasteiger partial charge in [0.1, 0.15) is 18.2 Å². The molecule has 0 aliphatic carbocycles. The lowest BCUT2D eigenvalue weighted by Crippen LogP contribution is -2.43. The summed E-state index contributed by atoms with van der Waals surface area (Å²) in [4.78, 5) is 42.8. The van der Waals surface area contributed by atoms with Crippen molar-refractivity contribution in [2.24, 2.45) is 0 Å². The molecule has 3 atom stereocenters. The zero-order valence-corrected chi connectivity index (χ0v) is 44.9. The number of carbonyl (C=O) groups excluding carboxylic acids is 3. The standard InChI is InChI=1S/C59H112N2O5/c1-7-11-15-19-23-25-27-29-31-35-39-42-47-54(46-41-37-33-21-17-13-9-3)65-58(63)52-51-56(60-57(62)50-45-53-61(5)6)59(64)66-55(48-43-38-34-22-18-14-10-4)49-44-40-36-32-30-28-26-24-20-16-12-8-2/h33-34,37-38,54-56H,7-32,35-36,39-53H2,1-6H3,(H,60,62)/b37-33-,38-34-/t54?,55?,56-/m0/s1. The lowest BCUT2D eigenvalue weighted by atomic mass is 10.0. The first-order valence-electron chi connectivity index (χ1n) is 28.9. The number of ether oxygens (including phenoxy) is 2. The van der Waals surface area contributed by atoms with Crippen molar-refractivity contribution < 1.29 is 23.9 Å². The summed E-state index contributed by atoms with van der Waals surface area (Å²) in [5, 5.41) is 2.99. The van der Waals surface area contributed by atoms with Crippen LogP contribution in [0.2, 0.25) is 0 Å². The number of hydrogen-bond donors (Lipinski definition) is 1. The molecule has 1 N–H and O–H groups in total. The summed E-state index contributed by atoms with van der Waals surface area (Å²) in [5.74, 6) is -0.872. The van der Waals surface area contributed by atoms with E-state index in [2.05, 4.69) is 62.2 Å². The molecule has 2 unspecified atom stereocenters. The first kappa shape index (κ1) is 63.8. The molecule has 0 fully saturated rings. The predicted octanol–water partition coefficient (Wildman–Crippen LogP) is 17.4. The fraction of sp³-hybridized carbons (Fsp3) is 0.881. The second kappa shape index (κ2) is 50.7. The molecule has 7 nitrogen and oxygen atoms in total. The summed E-state index contributed by atoms with van der Waals surface area (Å²) in [6.45, 7) is 9.80. The monoisotopic (exact) mass is 929 g/mol. The second-order valence-corrected chi connectivity index (χ2v) is 20.2. The van der Waals surface area contributed by atoms with Gasteiger partial charge in [0.2, 0.25) is 5.91 Å². The van der Waals surface area contributed by atoms with Gasteiger partial charge >= 0.3 is 11.9 Å². The lowest BCUT2D eigenvalue weighted by Gasteiger charge is -2.23. The van der Waals surface area contributed by atoms with Gasteiger partial charge < -0.3 is 19.7 Å². The van der Waals surface area contributed by atoms with Crippen LogP contribution in [-0.4, -0.2) is 61.6 Å². The fourth-order valence-corrected chi connectivity index (χ4v) is 8.84. The molecule has 0 aromatic heterocycles. The molecule has 1 amide bonds. The molecule has 0 aromatic rings. The molecule has 66 heavy (non-hydrogen) atoms. The van der Waals surface area contributed by atoms with Crippen molar-refractivity contribution in [3.05, 3.63) is 24.3 Å². The van der Waals surface area contributed by atoms with Crippen LogP contribution < -0.4 is 5.32 Å². The summed E-state index contributed by atoms with van der Waals surface area (Å²) in [5.41, 5.74) is 0. The minimum Gasteiger partial charge on any atom is -0.462 e. The van der Waals surface area contributed by atoms with Gasteiger partial charge in [0, 0.05) is 12.8 Å². The molecule has 0 spiro atoms. The van der Waals surface area contributed by atoms with Crippen LogP contribution in [0, 0.1) is 0 Å². The van der Waals surface area contributed by atoms with Crippen molar-refractivity contribution in [3.63, 3.8) is 0 Å². The van der Waals surface area contributed by atoms with Crippen LogP contribution in [0.3, 0.4) is 0 Å². The average molecular weight is 930 g/mol. The third-order valence-corrected chi connectivity index (χ3v) is 13.2. The van der Waals surface area contributed by atoms with Gasteiger partial charge in [0.15, 0.2) is 0 Å². The van der Waals surface area contributed by atoms with Crippen molar-refractivity contribution in [3.8, 4) is 0 Å². The topological polar surface area (TPSA) is 84.9 Å². The van der Waals surface area contributed by atoms with E-state index >= 15 is 0 Å². The number of unbranched alkanes of at least 4 members (excludes halogenated alkanes) is 28. The van der Waals surface area contributed by atoms with Crippen LogP contribution in [0.25, 0.3) is 0 Å². The zero-order chi connectivity index (χ0) is 48.4. The summed E-state index contributed by atoms with van der Waals surface area (Å²) in [6.07, 6.45) is 55.7. The largest absolute Gasteiger partial charge is 0.462 e. The summed E-state index contributed by atoms with van der Waals surface area (Å²) in [7, 11) is 3.99. The molecular weight excluding hydrogens is 817 g/mol. The van der Waals surface area contributed by atoms with Gasteiger partial charge in [-0.15, -0.1) is 0 Å². The lowest BCUT2D eigenvalue weighted by molar-refractivity contribution is -0.155. The Hall–Kier alpha value is -2.15. The van der Waals surface area contributed by atoms with E-state index < -0.39 is 12.0 Å². The Morgan fingerprint density at radius 1 is 0.409 bits per heavy atom. The van der Waals surface area contributed by atoms with E-state index in [9.17, 15) is 14.4 Å². The average Bonchev–Trinajstić information content (AvgIpc) is 3.29. The molecule has 0 bridgehead atoms. The normalized spacial score (nSPS) is 13.2. The summed E-state index contributed by atoms with van der Waals surface area (Å²) in [6, 6.07) is -0.876. The van der Waals surface area contributed by atoms with E-state index in [1.165, 1.54) is 173 Å². The third-order valence-electron chi connectivity index (χ3n) is 13.2. The first-order chi connectivity index (χ1) is 32.3. The van der Waals surface area contributed by atoms with Gasteiger partial charge in [-0.2, -0.15) is 0 Å². The number of allylic oxidation sites excluding steroid dienone is 4. The molecule has 0 saturated heterocycles. The highest BCUT2D eigenvalue weighted by Crippen LogP contribution is 2.20. The summed E-state index contributed by atoms with van der Waals surface area (Å²) >= 11 is 0. The highest BCUT2D eigenvalue weighted by Gasteiger charge is 2.27. The number of amides is 1. The molecule has 0 rings (SSSR count). The molecule has 0 aromatic carbocycles. The molecule has 388 valence electrons. The van der Waals surface area contributed by atoms with Gasteiger partial charge in [0.25, 0.3) is 0 Å². The molecule has 0 aliphatic heterocycles. The van der Waals surface area contributed by atoms with E-state index in [0.29, 0.717) is 12.8 Å². The van der Waals surface area contributed by atoms with Gasteiger partial charge in [-0.1, -0.05) is 219 Å². The highest BCUT2D eigenvalue weighted by molar-refractivity contribution is 5.85. The van der Waals surface area contributed by atoms with Crippen molar-refractivity contribution >= 4 is 17.8 Å². The third kappa shape index (κ3) is 45.6. The first-order valence-corrected chi connectivity index (χ1v) is 28.9. The minimum absolute atomic E-state index is 0.0729. The molecular formula is C59H112N2O5. The maximum atomic E-state index is 14.0. The SMILES string of the molecule is CCCCC/C=C\CCC(CCCCCCCCCCCCCC)OC(=O)CC[C@H](NC(=O)CCCN(C)C)C(=O)OC(CC/C=C\CCCCC)CCCCCCCCCCCCCC. The number of carbonyl (C=O) groups is 3. The van der Waals surface area contributed by atoms with E-state index in [4.69, 9.17) is 9.47 Å². The number of hydrogen-bond acceptors (Lipinski definition) is 6. The molecule has 0 aliphatic rings. The van der Waals surface area contributed by atoms with Gasteiger partial charge in [-0.05, 0) is 111 Å². The van der Waals surface area contributed by atoms with Crippen molar-refractivity contribution in [2.75, 3.05) is 20.6 Å². The molecule has 7 heteroatoms. The van der Waals surface area contributed by atoms with Crippen molar-refractivity contribution in [2.45, 2.75) is 316 Å². The van der Waals surface area contributed by atoms with Gasteiger partial charge in [0.05, 0.1) is 0 Å². The van der Waals surface area contributed by atoms with Gasteiger partial charge in [-0.3, -0.25) is 9.59 Å². The maximum absolute atomic E-state index is 14.0. The Morgan fingerprint density at radius 2 is 0.773 bits per heavy atom. The van der Waals surface area contributed by atoms with E-state index in [-0.39, 0.29) is 36.9 Å². The quantitative estimate of drug-likeness (QED) is 0.0372. The van der Waals surface area contributed by atoms with Crippen LogP contribution in [0.15, 0.2) is 24.3 Å². The van der Waals surface area contributed by atoms with Crippen LogP contribution in [0.5, 0.6) is 0 Å². The van der Waals surface area contributed by atoms with Crippen LogP contribution in [0.1, 0.15) is 297 Å². The number of rotatable bonds is 51. The molecule has 0 heterocycles.